The van der Waals surface area contributed by atoms with Gasteiger partial charge in [-0.1, -0.05) is 20.8 Å². The molecule has 20 heavy (non-hydrogen) atoms. The predicted molar refractivity (Wildman–Crippen MR) is 81.2 cm³/mol. The molecule has 0 aliphatic carbocycles. The zero-order valence-electron chi connectivity index (χ0n) is 12.1. The summed E-state index contributed by atoms with van der Waals surface area (Å²) in [6.07, 6.45) is 1.99. The SMILES string of the molecule is CSCc1ccc(C(=O)Nc2cc(C(C)(C)C)[nH]n2)o1. The highest BCUT2D eigenvalue weighted by Crippen LogP contribution is 2.22. The van der Waals surface area contributed by atoms with E-state index >= 15 is 0 Å². The summed E-state index contributed by atoms with van der Waals surface area (Å²) >= 11 is 1.65. The van der Waals surface area contributed by atoms with Gasteiger partial charge < -0.3 is 9.73 Å². The van der Waals surface area contributed by atoms with Crippen LogP contribution in [0.3, 0.4) is 0 Å². The number of nitrogens with one attached hydrogen (secondary N) is 2. The fourth-order valence-corrected chi connectivity index (χ4v) is 2.11. The molecule has 1 amide bonds. The van der Waals surface area contributed by atoms with Crippen LogP contribution in [0.5, 0.6) is 0 Å². The summed E-state index contributed by atoms with van der Waals surface area (Å²) in [6, 6.07) is 5.33. The lowest BCUT2D eigenvalue weighted by molar-refractivity contribution is 0.0995. The Morgan fingerprint density at radius 2 is 2.20 bits per heavy atom. The van der Waals surface area contributed by atoms with E-state index in [4.69, 9.17) is 4.42 Å². The number of nitrogens with zero attached hydrogens (tertiary/aromatic N) is 1. The molecule has 0 aliphatic heterocycles. The minimum atomic E-state index is -0.288. The Morgan fingerprint density at radius 1 is 1.45 bits per heavy atom. The van der Waals surface area contributed by atoms with Crippen LogP contribution in [0, 0.1) is 0 Å². The molecule has 2 aromatic rings. The van der Waals surface area contributed by atoms with Crippen molar-refractivity contribution < 1.29 is 9.21 Å². The minimum Gasteiger partial charge on any atom is -0.455 e. The van der Waals surface area contributed by atoms with Gasteiger partial charge in [-0.25, -0.2) is 0 Å². The summed E-state index contributed by atoms with van der Waals surface area (Å²) in [6.45, 7) is 6.23. The number of hydrogen-bond acceptors (Lipinski definition) is 4. The molecule has 0 bridgehead atoms. The van der Waals surface area contributed by atoms with Crippen LogP contribution in [-0.4, -0.2) is 22.4 Å². The Labute approximate surface area is 122 Å². The summed E-state index contributed by atoms with van der Waals surface area (Å²) < 4.78 is 5.46. The molecule has 0 saturated heterocycles. The van der Waals surface area contributed by atoms with Crippen molar-refractivity contribution in [3.63, 3.8) is 0 Å². The number of furan rings is 1. The second-order valence-electron chi connectivity index (χ2n) is 5.57. The number of thioether (sulfide) groups is 1. The first-order valence-electron chi connectivity index (χ1n) is 6.35. The Kier molecular flexibility index (Phi) is 4.23. The average Bonchev–Trinajstić information content (AvgIpc) is 2.97. The molecular weight excluding hydrogens is 274 g/mol. The third-order valence-electron chi connectivity index (χ3n) is 2.80. The number of aromatic nitrogens is 2. The number of carbonyl (C=O) groups excluding carboxylic acids is 1. The third kappa shape index (κ3) is 3.45. The molecule has 2 heterocycles. The number of anilines is 1. The Hall–Kier alpha value is -1.69. The van der Waals surface area contributed by atoms with Gasteiger partial charge in [0.05, 0.1) is 5.75 Å². The molecular formula is C14H19N3O2S. The highest BCUT2D eigenvalue weighted by atomic mass is 32.2. The molecule has 2 N–H and O–H groups in total. The minimum absolute atomic E-state index is 0.0355. The standard InChI is InChI=1S/C14H19N3O2S/c1-14(2,3)11-7-12(17-16-11)15-13(18)10-6-5-9(19-10)8-20-4/h5-7H,8H2,1-4H3,(H2,15,16,17,18). The largest absolute Gasteiger partial charge is 0.455 e. The second-order valence-corrected chi connectivity index (χ2v) is 6.44. The number of aromatic amines is 1. The molecule has 6 heteroatoms. The molecule has 0 spiro atoms. The van der Waals surface area contributed by atoms with Crippen molar-refractivity contribution in [2.24, 2.45) is 0 Å². The lowest BCUT2D eigenvalue weighted by atomic mass is 9.92. The van der Waals surface area contributed by atoms with Crippen LogP contribution in [-0.2, 0) is 11.2 Å². The van der Waals surface area contributed by atoms with Crippen LogP contribution in [0.2, 0.25) is 0 Å². The van der Waals surface area contributed by atoms with Gasteiger partial charge in [0, 0.05) is 17.2 Å². The lowest BCUT2D eigenvalue weighted by Gasteiger charge is -2.14. The summed E-state index contributed by atoms with van der Waals surface area (Å²) in [5.41, 5.74) is 0.932. The average molecular weight is 293 g/mol. The van der Waals surface area contributed by atoms with Gasteiger partial charge in [0.1, 0.15) is 5.76 Å². The van der Waals surface area contributed by atoms with E-state index < -0.39 is 0 Å². The second kappa shape index (κ2) is 5.75. The lowest BCUT2D eigenvalue weighted by Crippen LogP contribution is -2.12. The third-order valence-corrected chi connectivity index (χ3v) is 3.37. The van der Waals surface area contributed by atoms with Gasteiger partial charge in [0.25, 0.3) is 5.91 Å². The zero-order valence-corrected chi connectivity index (χ0v) is 12.9. The maximum Gasteiger partial charge on any atom is 0.292 e. The van der Waals surface area contributed by atoms with Crippen molar-refractivity contribution in [3.05, 3.63) is 35.4 Å². The predicted octanol–water partition coefficient (Wildman–Crippen LogP) is 3.42. The molecule has 2 aromatic heterocycles. The highest BCUT2D eigenvalue weighted by molar-refractivity contribution is 7.97. The van der Waals surface area contributed by atoms with Gasteiger partial charge in [-0.05, 0) is 18.4 Å². The Morgan fingerprint density at radius 3 is 2.80 bits per heavy atom. The topological polar surface area (TPSA) is 70.9 Å². The molecule has 0 aliphatic rings. The molecule has 0 radical (unpaired) electrons. The fraction of sp³-hybridized carbons (Fsp3) is 0.429. The van der Waals surface area contributed by atoms with Gasteiger partial charge in [-0.15, -0.1) is 0 Å². The summed E-state index contributed by atoms with van der Waals surface area (Å²) in [7, 11) is 0. The van der Waals surface area contributed by atoms with Crippen molar-refractivity contribution >= 4 is 23.5 Å². The van der Waals surface area contributed by atoms with Crippen LogP contribution in [0.1, 0.15) is 42.8 Å². The first-order chi connectivity index (χ1) is 9.40. The van der Waals surface area contributed by atoms with Gasteiger partial charge in [0.15, 0.2) is 11.6 Å². The van der Waals surface area contributed by atoms with E-state index in [9.17, 15) is 4.79 Å². The molecule has 0 saturated carbocycles. The summed E-state index contributed by atoms with van der Waals surface area (Å²) in [5.74, 6) is 2.06. The molecule has 0 aromatic carbocycles. The fourth-order valence-electron chi connectivity index (χ4n) is 1.67. The van der Waals surface area contributed by atoms with Crippen molar-refractivity contribution in [1.29, 1.82) is 0 Å². The maximum atomic E-state index is 12.0. The zero-order chi connectivity index (χ0) is 14.8. The molecule has 0 atom stereocenters. The van der Waals surface area contributed by atoms with E-state index in [1.54, 1.807) is 17.8 Å². The monoisotopic (exact) mass is 293 g/mol. The van der Waals surface area contributed by atoms with E-state index in [-0.39, 0.29) is 11.3 Å². The Bertz CT molecular complexity index is 596. The number of H-pyrrole nitrogens is 1. The summed E-state index contributed by atoms with van der Waals surface area (Å²) in [5, 5.41) is 9.74. The van der Waals surface area contributed by atoms with Gasteiger partial charge >= 0.3 is 0 Å². The van der Waals surface area contributed by atoms with Crippen LogP contribution in [0.15, 0.2) is 22.6 Å². The van der Waals surface area contributed by atoms with Crippen molar-refractivity contribution in [1.82, 2.24) is 10.2 Å². The number of amides is 1. The number of rotatable bonds is 4. The van der Waals surface area contributed by atoms with Crippen molar-refractivity contribution in [2.75, 3.05) is 11.6 Å². The smallest absolute Gasteiger partial charge is 0.292 e. The van der Waals surface area contributed by atoms with E-state index in [0.29, 0.717) is 11.6 Å². The van der Waals surface area contributed by atoms with Crippen LogP contribution in [0.25, 0.3) is 0 Å². The molecule has 108 valence electrons. The van der Waals surface area contributed by atoms with Gasteiger partial charge in [0.2, 0.25) is 0 Å². The highest BCUT2D eigenvalue weighted by Gasteiger charge is 2.18. The molecule has 0 fully saturated rings. The quantitative estimate of drug-likeness (QED) is 0.906. The number of hydrogen-bond donors (Lipinski definition) is 2. The number of carbonyl (C=O) groups is 1. The van der Waals surface area contributed by atoms with Crippen LogP contribution in [0.4, 0.5) is 5.82 Å². The van der Waals surface area contributed by atoms with E-state index in [1.807, 2.05) is 18.4 Å². The summed E-state index contributed by atoms with van der Waals surface area (Å²) in [4.78, 5) is 12.0. The van der Waals surface area contributed by atoms with Gasteiger partial charge in [-0.2, -0.15) is 16.9 Å². The van der Waals surface area contributed by atoms with E-state index in [2.05, 4.69) is 36.3 Å². The van der Waals surface area contributed by atoms with Crippen molar-refractivity contribution in [3.8, 4) is 0 Å². The maximum absolute atomic E-state index is 12.0. The van der Waals surface area contributed by atoms with Crippen LogP contribution >= 0.6 is 11.8 Å². The molecule has 5 nitrogen and oxygen atoms in total. The van der Waals surface area contributed by atoms with Gasteiger partial charge in [-0.3, -0.25) is 9.89 Å². The first-order valence-corrected chi connectivity index (χ1v) is 7.74. The first kappa shape index (κ1) is 14.7. The van der Waals surface area contributed by atoms with E-state index in [0.717, 1.165) is 17.2 Å². The normalized spacial score (nSPS) is 11.6. The molecule has 0 unspecified atom stereocenters. The van der Waals surface area contributed by atoms with E-state index in [1.165, 1.54) is 0 Å². The Balaban J connectivity index is 2.05. The van der Waals surface area contributed by atoms with Crippen LogP contribution < -0.4 is 5.32 Å². The van der Waals surface area contributed by atoms with Crippen molar-refractivity contribution in [2.45, 2.75) is 31.9 Å². The molecule has 2 rings (SSSR count).